The fraction of sp³-hybridized carbons (Fsp3) is 0.909. The summed E-state index contributed by atoms with van der Waals surface area (Å²) in [5.41, 5.74) is 0. The zero-order valence-electron chi connectivity index (χ0n) is 18.4. The number of aliphatic carboxylic acids is 1. The number of nitrogens with zero attached hydrogens (tertiary/aromatic N) is 1. The molecule has 0 radical (unpaired) electrons. The number of unbranched alkanes of at least 4 members (excludes halogenated alkanes) is 14. The summed E-state index contributed by atoms with van der Waals surface area (Å²) < 4.78 is 0. The molecule has 27 heavy (non-hydrogen) atoms. The molecule has 0 aromatic rings. The van der Waals surface area contributed by atoms with E-state index < -0.39 is 5.97 Å². The minimum absolute atomic E-state index is 0. The SMILES string of the molecule is CCCCCCCCCCCCCCCCCC(=O)N(C)CCC(=O)[O-].[Na+]. The fourth-order valence-corrected chi connectivity index (χ4v) is 3.22. The van der Waals surface area contributed by atoms with Crippen molar-refractivity contribution >= 4 is 11.9 Å². The first-order chi connectivity index (χ1) is 12.6. The Hall–Kier alpha value is -0.0600. The van der Waals surface area contributed by atoms with Crippen molar-refractivity contribution in [2.75, 3.05) is 13.6 Å². The second-order valence-electron chi connectivity index (χ2n) is 7.64. The molecule has 0 spiro atoms. The van der Waals surface area contributed by atoms with Gasteiger partial charge in [0.05, 0.1) is 0 Å². The first-order valence-corrected chi connectivity index (χ1v) is 11.0. The van der Waals surface area contributed by atoms with Crippen LogP contribution in [0.3, 0.4) is 0 Å². The van der Waals surface area contributed by atoms with Gasteiger partial charge in [-0.25, -0.2) is 0 Å². The first kappa shape index (κ1) is 29.1. The molecule has 0 aliphatic rings. The minimum Gasteiger partial charge on any atom is -0.550 e. The van der Waals surface area contributed by atoms with Crippen LogP contribution in [0.15, 0.2) is 0 Å². The maximum Gasteiger partial charge on any atom is 1.00 e. The van der Waals surface area contributed by atoms with E-state index in [1.807, 2.05) is 0 Å². The number of carboxylic acid groups (broad SMARTS) is 1. The Morgan fingerprint density at radius 1 is 0.667 bits per heavy atom. The Bertz CT molecular complexity index is 350. The van der Waals surface area contributed by atoms with Crippen LogP contribution in [0.4, 0.5) is 0 Å². The second kappa shape index (κ2) is 22.2. The zero-order valence-corrected chi connectivity index (χ0v) is 20.4. The smallest absolute Gasteiger partial charge is 0.550 e. The van der Waals surface area contributed by atoms with Crippen molar-refractivity contribution in [3.63, 3.8) is 0 Å². The number of hydrogen-bond donors (Lipinski definition) is 0. The monoisotopic (exact) mass is 391 g/mol. The predicted octanol–water partition coefficient (Wildman–Crippen LogP) is 1.85. The van der Waals surface area contributed by atoms with E-state index in [2.05, 4.69) is 6.92 Å². The number of rotatable bonds is 19. The van der Waals surface area contributed by atoms with Crippen molar-refractivity contribution in [2.24, 2.45) is 0 Å². The summed E-state index contributed by atoms with van der Waals surface area (Å²) >= 11 is 0. The Morgan fingerprint density at radius 2 is 1.04 bits per heavy atom. The molecule has 0 aromatic heterocycles. The Morgan fingerprint density at radius 3 is 1.41 bits per heavy atom. The normalized spacial score (nSPS) is 10.4. The van der Waals surface area contributed by atoms with E-state index in [0.29, 0.717) is 6.42 Å². The van der Waals surface area contributed by atoms with Crippen molar-refractivity contribution in [3.05, 3.63) is 0 Å². The van der Waals surface area contributed by atoms with Crippen LogP contribution in [-0.4, -0.2) is 30.4 Å². The quantitative estimate of drug-likeness (QED) is 0.249. The van der Waals surface area contributed by atoms with Crippen molar-refractivity contribution in [1.29, 1.82) is 0 Å². The molecule has 0 aliphatic heterocycles. The zero-order chi connectivity index (χ0) is 19.5. The third kappa shape index (κ3) is 22.1. The molecule has 0 fully saturated rings. The largest absolute Gasteiger partial charge is 1.00 e. The molecule has 0 rings (SSSR count). The summed E-state index contributed by atoms with van der Waals surface area (Å²) in [6.07, 6.45) is 20.1. The van der Waals surface area contributed by atoms with Gasteiger partial charge >= 0.3 is 29.6 Å². The summed E-state index contributed by atoms with van der Waals surface area (Å²) in [6, 6.07) is 0. The Labute approximate surface area is 190 Å². The van der Waals surface area contributed by atoms with E-state index in [1.165, 1.54) is 88.4 Å². The molecule has 0 bridgehead atoms. The van der Waals surface area contributed by atoms with Crippen LogP contribution >= 0.6 is 0 Å². The third-order valence-electron chi connectivity index (χ3n) is 5.07. The van der Waals surface area contributed by atoms with E-state index in [4.69, 9.17) is 0 Å². The van der Waals surface area contributed by atoms with E-state index in [1.54, 1.807) is 7.05 Å². The molecule has 0 heterocycles. The van der Waals surface area contributed by atoms with Crippen molar-refractivity contribution < 1.29 is 44.3 Å². The van der Waals surface area contributed by atoms with Crippen LogP contribution < -0.4 is 34.7 Å². The van der Waals surface area contributed by atoms with Crippen molar-refractivity contribution in [2.45, 2.75) is 116 Å². The van der Waals surface area contributed by atoms with Gasteiger partial charge in [-0.3, -0.25) is 4.79 Å². The average molecular weight is 392 g/mol. The number of carbonyl (C=O) groups excluding carboxylic acids is 2. The van der Waals surface area contributed by atoms with Gasteiger partial charge in [0.1, 0.15) is 0 Å². The summed E-state index contributed by atoms with van der Waals surface area (Å²) in [6.45, 7) is 2.52. The van der Waals surface area contributed by atoms with Gasteiger partial charge in [0, 0.05) is 32.4 Å². The summed E-state index contributed by atoms with van der Waals surface area (Å²) in [5.74, 6) is -1.06. The molecule has 0 saturated heterocycles. The maximum absolute atomic E-state index is 11.8. The standard InChI is InChI=1S/C22H43NO3.Na/c1-3-4-5-6-7-8-9-10-11-12-13-14-15-16-17-18-21(24)23(2)20-19-22(25)26;/h3-20H2,1-2H3,(H,25,26);/q;+1/p-1. The molecular weight excluding hydrogens is 349 g/mol. The number of carbonyl (C=O) groups is 2. The summed E-state index contributed by atoms with van der Waals surface area (Å²) in [4.78, 5) is 23.7. The van der Waals surface area contributed by atoms with E-state index in [-0.39, 0.29) is 48.4 Å². The van der Waals surface area contributed by atoms with Crippen molar-refractivity contribution in [3.8, 4) is 0 Å². The second-order valence-corrected chi connectivity index (χ2v) is 7.64. The van der Waals surface area contributed by atoms with Crippen LogP contribution in [0.25, 0.3) is 0 Å². The fourth-order valence-electron chi connectivity index (χ4n) is 3.22. The molecule has 154 valence electrons. The molecule has 1 amide bonds. The molecule has 0 N–H and O–H groups in total. The van der Waals surface area contributed by atoms with Gasteiger partial charge < -0.3 is 14.8 Å². The topological polar surface area (TPSA) is 60.4 Å². The van der Waals surface area contributed by atoms with E-state index >= 15 is 0 Å². The number of hydrogen-bond acceptors (Lipinski definition) is 3. The van der Waals surface area contributed by atoms with Gasteiger partial charge in [-0.2, -0.15) is 0 Å². The number of amides is 1. The Balaban J connectivity index is 0. The first-order valence-electron chi connectivity index (χ1n) is 11.0. The molecular formula is C22H42NNaO3. The number of carboxylic acids is 1. The molecule has 0 unspecified atom stereocenters. The van der Waals surface area contributed by atoms with Crippen LogP contribution in [0.5, 0.6) is 0 Å². The summed E-state index contributed by atoms with van der Waals surface area (Å²) in [5, 5.41) is 10.4. The van der Waals surface area contributed by atoms with Gasteiger partial charge in [0.2, 0.25) is 5.91 Å². The maximum atomic E-state index is 11.8. The predicted molar refractivity (Wildman–Crippen MR) is 107 cm³/mol. The minimum atomic E-state index is -1.10. The van der Waals surface area contributed by atoms with Gasteiger partial charge in [-0.1, -0.05) is 96.8 Å². The molecule has 4 nitrogen and oxygen atoms in total. The molecule has 5 heteroatoms. The van der Waals surface area contributed by atoms with Gasteiger partial charge in [0.25, 0.3) is 0 Å². The van der Waals surface area contributed by atoms with Crippen LogP contribution in [0.2, 0.25) is 0 Å². The van der Waals surface area contributed by atoms with E-state index in [0.717, 1.165) is 12.8 Å². The third-order valence-corrected chi connectivity index (χ3v) is 5.07. The van der Waals surface area contributed by atoms with Gasteiger partial charge in [-0.15, -0.1) is 0 Å². The Kier molecular flexibility index (Phi) is 24.0. The van der Waals surface area contributed by atoms with Crippen LogP contribution in [0, 0.1) is 0 Å². The summed E-state index contributed by atoms with van der Waals surface area (Å²) in [7, 11) is 1.66. The van der Waals surface area contributed by atoms with Crippen LogP contribution in [-0.2, 0) is 9.59 Å². The van der Waals surface area contributed by atoms with Crippen molar-refractivity contribution in [1.82, 2.24) is 4.90 Å². The molecule has 0 saturated carbocycles. The molecule has 0 aromatic carbocycles. The molecule has 0 atom stereocenters. The average Bonchev–Trinajstić information content (AvgIpc) is 2.62. The van der Waals surface area contributed by atoms with Gasteiger partial charge in [0.15, 0.2) is 0 Å². The van der Waals surface area contributed by atoms with Gasteiger partial charge in [-0.05, 0) is 6.42 Å². The van der Waals surface area contributed by atoms with E-state index in [9.17, 15) is 14.7 Å². The molecule has 0 aliphatic carbocycles. The van der Waals surface area contributed by atoms with Crippen LogP contribution in [0.1, 0.15) is 116 Å².